The van der Waals surface area contributed by atoms with Gasteiger partial charge in [0.1, 0.15) is 5.72 Å². The molecule has 4 heteroatoms. The predicted octanol–water partition coefficient (Wildman–Crippen LogP) is 3.50. The molecule has 5 rings (SSSR count). The third kappa shape index (κ3) is 4.07. The molecule has 154 valence electrons. The van der Waals surface area contributed by atoms with Gasteiger partial charge in [-0.3, -0.25) is 4.90 Å². The lowest BCUT2D eigenvalue weighted by Gasteiger charge is -2.43. The molecule has 2 saturated heterocycles. The normalized spacial score (nSPS) is 29.2. The van der Waals surface area contributed by atoms with E-state index in [1.807, 2.05) is 6.92 Å². The first-order chi connectivity index (χ1) is 14.1. The lowest BCUT2D eigenvalue weighted by atomic mass is 9.86. The topological polar surface area (TPSA) is 39.2 Å². The van der Waals surface area contributed by atoms with Gasteiger partial charge in [-0.15, -0.1) is 0 Å². The standard InChI is InChI=1S/C25H32N2O2/c1-25(28,27-13-9-20(10-14-27)15-19-5-3-2-4-6-19)22-7-8-24-21(16-22)11-12-26(24)17-23-18-29-23/h2-7,11-12,16,20,23-24,28H,8-10,13-15,17-18H2,1H3. The first kappa shape index (κ1) is 19.1. The molecule has 4 nitrogen and oxygen atoms in total. The highest BCUT2D eigenvalue weighted by molar-refractivity contribution is 5.44. The van der Waals surface area contributed by atoms with Crippen LogP contribution in [0.2, 0.25) is 0 Å². The van der Waals surface area contributed by atoms with E-state index in [4.69, 9.17) is 4.74 Å². The van der Waals surface area contributed by atoms with Gasteiger partial charge in [-0.05, 0) is 67.4 Å². The van der Waals surface area contributed by atoms with E-state index in [1.54, 1.807) is 0 Å². The average Bonchev–Trinajstić information content (AvgIpc) is 3.47. The molecule has 3 unspecified atom stereocenters. The Bertz CT molecular complexity index is 814. The summed E-state index contributed by atoms with van der Waals surface area (Å²) in [5.41, 5.74) is 2.91. The van der Waals surface area contributed by atoms with Gasteiger partial charge in [-0.2, -0.15) is 0 Å². The van der Waals surface area contributed by atoms with Gasteiger partial charge in [0.25, 0.3) is 0 Å². The molecule has 1 aliphatic carbocycles. The van der Waals surface area contributed by atoms with Gasteiger partial charge >= 0.3 is 0 Å². The van der Waals surface area contributed by atoms with Gasteiger partial charge in [0.2, 0.25) is 0 Å². The second-order valence-electron chi connectivity index (χ2n) is 9.16. The molecule has 29 heavy (non-hydrogen) atoms. The van der Waals surface area contributed by atoms with Gasteiger partial charge in [0, 0.05) is 25.8 Å². The first-order valence-electron chi connectivity index (χ1n) is 11.1. The number of ether oxygens (including phenoxy) is 1. The molecule has 3 heterocycles. The Balaban J connectivity index is 1.19. The summed E-state index contributed by atoms with van der Waals surface area (Å²) in [5.74, 6) is 0.712. The summed E-state index contributed by atoms with van der Waals surface area (Å²) in [6.45, 7) is 5.76. The van der Waals surface area contributed by atoms with Crippen LogP contribution in [0.3, 0.4) is 0 Å². The maximum atomic E-state index is 11.4. The SMILES string of the molecule is CC(O)(C1=CCC2C(=C1)C=CN2CC1CO1)N1CCC(Cc2ccccc2)CC1. The zero-order valence-corrected chi connectivity index (χ0v) is 17.3. The summed E-state index contributed by atoms with van der Waals surface area (Å²) in [7, 11) is 0. The summed E-state index contributed by atoms with van der Waals surface area (Å²) in [6, 6.07) is 11.2. The summed E-state index contributed by atoms with van der Waals surface area (Å²) in [6.07, 6.45) is 13.7. The van der Waals surface area contributed by atoms with Crippen LogP contribution in [0.4, 0.5) is 0 Å². The predicted molar refractivity (Wildman–Crippen MR) is 115 cm³/mol. The van der Waals surface area contributed by atoms with E-state index in [0.29, 0.717) is 18.1 Å². The molecule has 0 aromatic heterocycles. The van der Waals surface area contributed by atoms with Crippen molar-refractivity contribution in [1.29, 1.82) is 0 Å². The highest BCUT2D eigenvalue weighted by Crippen LogP contribution is 2.36. The highest BCUT2D eigenvalue weighted by Gasteiger charge is 2.38. The molecule has 4 aliphatic rings. The smallest absolute Gasteiger partial charge is 0.141 e. The van der Waals surface area contributed by atoms with Crippen LogP contribution in [0.25, 0.3) is 0 Å². The average molecular weight is 393 g/mol. The lowest BCUT2D eigenvalue weighted by molar-refractivity contribution is -0.0754. The van der Waals surface area contributed by atoms with Crippen LogP contribution < -0.4 is 0 Å². The van der Waals surface area contributed by atoms with Crippen LogP contribution in [0.5, 0.6) is 0 Å². The molecule has 1 aromatic rings. The molecular formula is C25H32N2O2. The Hall–Kier alpha value is -1.88. The van der Waals surface area contributed by atoms with E-state index in [1.165, 1.54) is 11.1 Å². The van der Waals surface area contributed by atoms with Gasteiger partial charge in [-0.25, -0.2) is 0 Å². The van der Waals surface area contributed by atoms with Gasteiger partial charge in [0.05, 0.1) is 18.8 Å². The number of hydrogen-bond donors (Lipinski definition) is 1. The zero-order valence-electron chi connectivity index (χ0n) is 17.3. The van der Waals surface area contributed by atoms with Crippen molar-refractivity contribution in [2.24, 2.45) is 5.92 Å². The third-order valence-corrected chi connectivity index (χ3v) is 7.09. The Morgan fingerprint density at radius 3 is 2.66 bits per heavy atom. The van der Waals surface area contributed by atoms with Crippen molar-refractivity contribution in [1.82, 2.24) is 9.80 Å². The van der Waals surface area contributed by atoms with Crippen molar-refractivity contribution in [3.63, 3.8) is 0 Å². The Kier molecular flexibility index (Phi) is 5.10. The van der Waals surface area contributed by atoms with E-state index < -0.39 is 5.72 Å². The highest BCUT2D eigenvalue weighted by atomic mass is 16.6. The molecule has 1 N–H and O–H groups in total. The Morgan fingerprint density at radius 2 is 1.93 bits per heavy atom. The largest absolute Gasteiger partial charge is 0.372 e. The number of hydrogen-bond acceptors (Lipinski definition) is 4. The number of epoxide rings is 1. The van der Waals surface area contributed by atoms with Crippen molar-refractivity contribution in [2.45, 2.75) is 50.5 Å². The minimum atomic E-state index is -0.892. The molecule has 3 aliphatic heterocycles. The molecule has 0 spiro atoms. The summed E-state index contributed by atoms with van der Waals surface area (Å²) < 4.78 is 5.39. The zero-order chi connectivity index (χ0) is 19.8. The Morgan fingerprint density at radius 1 is 1.17 bits per heavy atom. The van der Waals surface area contributed by atoms with Crippen LogP contribution in [0, 0.1) is 5.92 Å². The fourth-order valence-electron chi connectivity index (χ4n) is 5.11. The number of rotatable bonds is 6. The van der Waals surface area contributed by atoms with Crippen molar-refractivity contribution >= 4 is 0 Å². The molecule has 0 saturated carbocycles. The fraction of sp³-hybridized carbons (Fsp3) is 0.520. The fourth-order valence-corrected chi connectivity index (χ4v) is 5.11. The minimum Gasteiger partial charge on any atom is -0.372 e. The van der Waals surface area contributed by atoms with Crippen LogP contribution in [0.1, 0.15) is 31.7 Å². The number of nitrogens with zero attached hydrogens (tertiary/aromatic N) is 2. The number of piperidine rings is 1. The van der Waals surface area contributed by atoms with E-state index in [0.717, 1.165) is 57.5 Å². The van der Waals surface area contributed by atoms with E-state index >= 15 is 0 Å². The molecule has 2 fully saturated rings. The van der Waals surface area contributed by atoms with Crippen LogP contribution in [0.15, 0.2) is 65.9 Å². The summed E-state index contributed by atoms with van der Waals surface area (Å²) >= 11 is 0. The molecular weight excluding hydrogens is 360 g/mol. The molecule has 0 bridgehead atoms. The quantitative estimate of drug-likeness (QED) is 0.752. The number of likely N-dealkylation sites (tertiary alicyclic amines) is 1. The second kappa shape index (κ2) is 7.75. The number of aliphatic hydroxyl groups is 1. The maximum absolute atomic E-state index is 11.4. The molecule has 0 amide bonds. The van der Waals surface area contributed by atoms with E-state index in [9.17, 15) is 5.11 Å². The minimum absolute atomic E-state index is 0.407. The molecule has 1 aromatic carbocycles. The van der Waals surface area contributed by atoms with Crippen molar-refractivity contribution in [3.05, 3.63) is 71.5 Å². The first-order valence-corrected chi connectivity index (χ1v) is 11.1. The van der Waals surface area contributed by atoms with E-state index in [2.05, 4.69) is 64.6 Å². The van der Waals surface area contributed by atoms with Gasteiger partial charge in [-0.1, -0.05) is 36.4 Å². The van der Waals surface area contributed by atoms with Crippen molar-refractivity contribution in [2.75, 3.05) is 26.2 Å². The summed E-state index contributed by atoms with van der Waals surface area (Å²) in [4.78, 5) is 4.66. The lowest BCUT2D eigenvalue weighted by Crippen LogP contribution is -2.51. The molecule has 0 radical (unpaired) electrons. The Labute approximate surface area is 174 Å². The third-order valence-electron chi connectivity index (χ3n) is 7.09. The van der Waals surface area contributed by atoms with Gasteiger partial charge < -0.3 is 14.7 Å². The van der Waals surface area contributed by atoms with Crippen LogP contribution >= 0.6 is 0 Å². The summed E-state index contributed by atoms with van der Waals surface area (Å²) in [5, 5.41) is 11.4. The molecule has 3 atom stereocenters. The second-order valence-corrected chi connectivity index (χ2v) is 9.16. The number of fused-ring (bicyclic) bond motifs is 1. The van der Waals surface area contributed by atoms with E-state index in [-0.39, 0.29) is 0 Å². The monoisotopic (exact) mass is 392 g/mol. The number of benzene rings is 1. The van der Waals surface area contributed by atoms with Gasteiger partial charge in [0.15, 0.2) is 0 Å². The van der Waals surface area contributed by atoms with Crippen LogP contribution in [-0.4, -0.2) is 59.0 Å². The van der Waals surface area contributed by atoms with Crippen LogP contribution in [-0.2, 0) is 11.2 Å². The maximum Gasteiger partial charge on any atom is 0.141 e. The van der Waals surface area contributed by atoms with Crippen molar-refractivity contribution in [3.8, 4) is 0 Å². The van der Waals surface area contributed by atoms with Crippen molar-refractivity contribution < 1.29 is 9.84 Å².